The summed E-state index contributed by atoms with van der Waals surface area (Å²) in [5, 5.41) is 13.0. The van der Waals surface area contributed by atoms with Crippen molar-refractivity contribution < 1.29 is 23.7 Å². The molecule has 2 N–H and O–H groups in total. The molecule has 0 amide bonds. The summed E-state index contributed by atoms with van der Waals surface area (Å²) < 4.78 is 13.8. The van der Waals surface area contributed by atoms with Crippen LogP contribution >= 0.6 is 0 Å². The lowest BCUT2D eigenvalue weighted by molar-refractivity contribution is -0.748. The summed E-state index contributed by atoms with van der Waals surface area (Å²) in [5.41, 5.74) is 2.79. The molecule has 0 bridgehead atoms. The van der Waals surface area contributed by atoms with Crippen molar-refractivity contribution in [1.82, 2.24) is 10.1 Å². The number of aryl methyl sites for hydroxylation is 2. The minimum atomic E-state index is -0.783. The maximum Gasteiger partial charge on any atom is 0.303 e. The van der Waals surface area contributed by atoms with Crippen LogP contribution in [0.4, 0.5) is 0 Å². The number of hydrogen-bond acceptors (Lipinski definition) is 4. The van der Waals surface area contributed by atoms with E-state index in [9.17, 15) is 4.79 Å². The minimum absolute atomic E-state index is 0.147. The van der Waals surface area contributed by atoms with E-state index in [1.54, 1.807) is 0 Å². The highest BCUT2D eigenvalue weighted by atomic mass is 16.5. The molecule has 4 rings (SSSR count). The van der Waals surface area contributed by atoms with Crippen LogP contribution in [0.15, 0.2) is 59.1 Å². The highest BCUT2D eigenvalue weighted by Crippen LogP contribution is 2.24. The maximum atomic E-state index is 10.7. The molecule has 2 aromatic heterocycles. The zero-order valence-electron chi connectivity index (χ0n) is 22.2. The fourth-order valence-corrected chi connectivity index (χ4v) is 3.39. The number of carbonyl (C=O) groups is 1. The number of benzene rings is 2. The van der Waals surface area contributed by atoms with Gasteiger partial charge >= 0.3 is 5.97 Å². The molecule has 0 unspecified atom stereocenters. The third-order valence-electron chi connectivity index (χ3n) is 4.91. The van der Waals surface area contributed by atoms with E-state index in [0.717, 1.165) is 33.7 Å². The predicted molar refractivity (Wildman–Crippen MR) is 143 cm³/mol. The molecule has 0 fully saturated rings. The van der Waals surface area contributed by atoms with Gasteiger partial charge in [-0.3, -0.25) is 4.79 Å². The van der Waals surface area contributed by atoms with Crippen LogP contribution in [0.2, 0.25) is 0 Å². The number of carboxylic acid groups (broad SMARTS) is 1. The molecule has 0 aliphatic rings. The number of aromatic amines is 1. The molecule has 0 saturated carbocycles. The minimum Gasteiger partial charge on any atom is -0.492 e. The van der Waals surface area contributed by atoms with Crippen LogP contribution < -0.4 is 9.42 Å². The molecule has 36 heavy (non-hydrogen) atoms. The summed E-state index contributed by atoms with van der Waals surface area (Å²) in [7, 11) is 0. The Morgan fingerprint density at radius 3 is 2.42 bits per heavy atom. The van der Waals surface area contributed by atoms with E-state index in [1.165, 1.54) is 12.8 Å². The van der Waals surface area contributed by atoms with Gasteiger partial charge in [-0.05, 0) is 31.2 Å². The third kappa shape index (κ3) is 8.87. The molecule has 2 heterocycles. The van der Waals surface area contributed by atoms with E-state index in [-0.39, 0.29) is 6.42 Å². The second kappa shape index (κ2) is 15.4. The van der Waals surface area contributed by atoms with Gasteiger partial charge in [-0.25, -0.2) is 4.98 Å². The highest BCUT2D eigenvalue weighted by molar-refractivity contribution is 5.83. The molecule has 0 saturated heterocycles. The van der Waals surface area contributed by atoms with Gasteiger partial charge in [-0.15, -0.1) is 4.68 Å². The van der Waals surface area contributed by atoms with Crippen molar-refractivity contribution in [3.63, 3.8) is 0 Å². The Hall–Kier alpha value is -3.61. The van der Waals surface area contributed by atoms with Crippen molar-refractivity contribution in [3.05, 3.63) is 66.2 Å². The lowest BCUT2D eigenvalue weighted by atomic mass is 10.2. The zero-order chi connectivity index (χ0) is 26.3. The first-order chi connectivity index (χ1) is 17.4. The molecule has 7 heteroatoms. The molecule has 0 atom stereocenters. The van der Waals surface area contributed by atoms with Crippen LogP contribution in [0.3, 0.4) is 0 Å². The number of carboxylic acids is 1. The van der Waals surface area contributed by atoms with Gasteiger partial charge in [0.15, 0.2) is 6.54 Å². The number of rotatable bonds is 9. The molecule has 0 radical (unpaired) electrons. The van der Waals surface area contributed by atoms with Gasteiger partial charge in [-0.1, -0.05) is 64.8 Å². The van der Waals surface area contributed by atoms with Crippen molar-refractivity contribution in [3.8, 4) is 17.2 Å². The topological polar surface area (TPSA) is 92.2 Å². The fraction of sp³-hybridized carbons (Fsp3) is 0.414. The first kappa shape index (κ1) is 28.6. The van der Waals surface area contributed by atoms with E-state index < -0.39 is 5.97 Å². The number of aromatic nitrogens is 3. The molecule has 194 valence electrons. The number of nitrogens with one attached hydrogen (secondary N) is 1. The summed E-state index contributed by atoms with van der Waals surface area (Å²) in [6.07, 6.45) is 5.81. The number of hydrogen-bond donors (Lipinski definition) is 2. The maximum absolute atomic E-state index is 10.7. The van der Waals surface area contributed by atoms with Gasteiger partial charge in [0, 0.05) is 18.4 Å². The summed E-state index contributed by atoms with van der Waals surface area (Å²) in [5.74, 6) is 1.42. The van der Waals surface area contributed by atoms with E-state index in [0.29, 0.717) is 31.9 Å². The second-order valence-corrected chi connectivity index (χ2v) is 8.55. The highest BCUT2D eigenvalue weighted by Gasteiger charge is 2.14. The van der Waals surface area contributed by atoms with Crippen molar-refractivity contribution in [2.45, 2.75) is 73.3 Å². The zero-order valence-corrected chi connectivity index (χ0v) is 22.2. The lowest BCUT2D eigenvalue weighted by Gasteiger charge is -2.05. The van der Waals surface area contributed by atoms with Gasteiger partial charge in [0.05, 0.1) is 18.7 Å². The molecular weight excluding hydrogens is 454 g/mol. The van der Waals surface area contributed by atoms with Crippen LogP contribution in [0, 0.1) is 6.92 Å². The second-order valence-electron chi connectivity index (χ2n) is 8.55. The Balaban J connectivity index is 0.000000693. The van der Waals surface area contributed by atoms with Gasteiger partial charge in [0.2, 0.25) is 12.1 Å². The Kier molecular flexibility index (Phi) is 12.2. The van der Waals surface area contributed by atoms with E-state index in [1.807, 2.05) is 66.3 Å². The largest absolute Gasteiger partial charge is 0.492 e. The Labute approximate surface area is 214 Å². The van der Waals surface area contributed by atoms with Crippen LogP contribution in [0.25, 0.3) is 22.4 Å². The average molecular weight is 495 g/mol. The molecule has 0 aliphatic carbocycles. The van der Waals surface area contributed by atoms with Gasteiger partial charge in [-0.2, -0.15) is 5.10 Å². The SMILES string of the molecule is CCC.CCC.Cc1oc(-c2ccccc2)nc1CCOc1cccc2[nH][n+](CCCC(=O)O)cc12. The monoisotopic (exact) mass is 494 g/mol. The summed E-state index contributed by atoms with van der Waals surface area (Å²) in [6, 6.07) is 15.7. The van der Waals surface area contributed by atoms with Crippen molar-refractivity contribution in [1.29, 1.82) is 0 Å². The van der Waals surface area contributed by atoms with Crippen LogP contribution in [0.5, 0.6) is 5.75 Å². The smallest absolute Gasteiger partial charge is 0.303 e. The molecule has 4 aromatic rings. The fourth-order valence-electron chi connectivity index (χ4n) is 3.39. The third-order valence-corrected chi connectivity index (χ3v) is 4.91. The number of aliphatic carboxylic acids is 1. The number of ether oxygens (including phenoxy) is 1. The molecule has 2 aromatic carbocycles. The number of oxazole rings is 1. The quantitative estimate of drug-likeness (QED) is 0.251. The standard InChI is InChI=1S/C23H23N3O4.2C3H8/c1-16-19(24-23(30-16)17-7-3-2-4-8-17)12-14-29-21-10-5-9-20-18(21)15-26(25-20)13-6-11-22(27)28;2*1-3-2/h2-5,7-10,15H,6,11-14H2,1H3,(H,27,28);2*3H2,1-2H3/p+1. The number of H-pyrrole nitrogens is 1. The Bertz CT molecular complexity index is 1180. The Morgan fingerprint density at radius 1 is 1.06 bits per heavy atom. The van der Waals surface area contributed by atoms with Gasteiger partial charge < -0.3 is 14.3 Å². The number of nitrogens with zero attached hydrogens (tertiary/aromatic N) is 2. The van der Waals surface area contributed by atoms with E-state index in [4.69, 9.17) is 14.3 Å². The van der Waals surface area contributed by atoms with Crippen LogP contribution in [0.1, 0.15) is 64.8 Å². The molecule has 7 nitrogen and oxygen atoms in total. The molecule has 0 aliphatic heterocycles. The summed E-state index contributed by atoms with van der Waals surface area (Å²) in [6.45, 7) is 11.5. The number of fused-ring (bicyclic) bond motifs is 1. The normalized spacial score (nSPS) is 10.2. The Morgan fingerprint density at radius 2 is 1.75 bits per heavy atom. The van der Waals surface area contributed by atoms with Crippen molar-refractivity contribution in [2.75, 3.05) is 6.61 Å². The van der Waals surface area contributed by atoms with Crippen LogP contribution in [-0.2, 0) is 17.8 Å². The summed E-state index contributed by atoms with van der Waals surface area (Å²) >= 11 is 0. The first-order valence-electron chi connectivity index (χ1n) is 12.8. The van der Waals surface area contributed by atoms with Crippen LogP contribution in [-0.4, -0.2) is 27.8 Å². The first-order valence-corrected chi connectivity index (χ1v) is 12.8. The molecule has 0 spiro atoms. The van der Waals surface area contributed by atoms with E-state index >= 15 is 0 Å². The van der Waals surface area contributed by atoms with Crippen molar-refractivity contribution >= 4 is 16.9 Å². The van der Waals surface area contributed by atoms with Crippen molar-refractivity contribution in [2.24, 2.45) is 0 Å². The molecular formula is C29H40N3O4+. The van der Waals surface area contributed by atoms with Gasteiger partial charge in [0.25, 0.3) is 0 Å². The van der Waals surface area contributed by atoms with Gasteiger partial charge in [0.1, 0.15) is 22.4 Å². The van der Waals surface area contributed by atoms with E-state index in [2.05, 4.69) is 37.8 Å². The average Bonchev–Trinajstić information content (AvgIpc) is 3.44. The summed E-state index contributed by atoms with van der Waals surface area (Å²) in [4.78, 5) is 15.3. The lowest BCUT2D eigenvalue weighted by Crippen LogP contribution is -2.34. The predicted octanol–water partition coefficient (Wildman–Crippen LogP) is 6.74.